The molecule has 0 aliphatic carbocycles. The minimum atomic E-state index is 0.481. The molecule has 4 aromatic rings. The summed E-state index contributed by atoms with van der Waals surface area (Å²) in [5, 5.41) is 8.42. The Balaban J connectivity index is 1.28. The lowest BCUT2D eigenvalue weighted by molar-refractivity contribution is 0.516. The highest BCUT2D eigenvalue weighted by Gasteiger charge is 2.06. The van der Waals surface area contributed by atoms with Gasteiger partial charge in [0.15, 0.2) is 5.11 Å². The van der Waals surface area contributed by atoms with Crippen LogP contribution in [0.25, 0.3) is 11.3 Å². The fourth-order valence-electron chi connectivity index (χ4n) is 2.71. The molecule has 0 fully saturated rings. The number of nitrogens with one attached hydrogen (secondary N) is 2. The van der Waals surface area contributed by atoms with Crippen LogP contribution in [0.4, 0.5) is 5.69 Å². The summed E-state index contributed by atoms with van der Waals surface area (Å²) in [6.45, 7) is 0.481. The summed E-state index contributed by atoms with van der Waals surface area (Å²) in [7, 11) is 0. The summed E-state index contributed by atoms with van der Waals surface area (Å²) in [5.74, 6) is 1.58. The van der Waals surface area contributed by atoms with Gasteiger partial charge in [-0.05, 0) is 72.9 Å². The first-order valence-electron chi connectivity index (χ1n) is 9.24. The maximum absolute atomic E-state index is 5.93. The van der Waals surface area contributed by atoms with E-state index in [9.17, 15) is 0 Å². The van der Waals surface area contributed by atoms with Gasteiger partial charge in [-0.2, -0.15) is 0 Å². The van der Waals surface area contributed by atoms with E-state index in [1.807, 2.05) is 66.7 Å². The second kappa shape index (κ2) is 9.80. The van der Waals surface area contributed by atoms with E-state index in [2.05, 4.69) is 27.8 Å². The Bertz CT molecular complexity index is 1110. The standard InChI is InChI=1S/C23H18ClN3OS2/c24-17-8-6-16(7-9-17)21-12-11-19(28-21)15-26-23(29)27-18-10-13-22(25-14-18)30-20-4-2-1-3-5-20/h1-14H,15H2,(H2,26,27,29). The third kappa shape index (κ3) is 5.63. The van der Waals surface area contributed by atoms with E-state index in [4.69, 9.17) is 28.2 Å². The predicted octanol–water partition coefficient (Wildman–Crippen LogP) is 6.63. The van der Waals surface area contributed by atoms with Crippen LogP contribution in [-0.2, 0) is 6.54 Å². The number of thiocarbonyl (C=S) groups is 1. The SMILES string of the molecule is S=C(NCc1ccc(-c2ccc(Cl)cc2)o1)Nc1ccc(Sc2ccccc2)nc1. The molecule has 0 saturated heterocycles. The van der Waals surface area contributed by atoms with Crippen LogP contribution < -0.4 is 10.6 Å². The van der Waals surface area contributed by atoms with E-state index in [-0.39, 0.29) is 0 Å². The van der Waals surface area contributed by atoms with Gasteiger partial charge in [0.2, 0.25) is 0 Å². The Morgan fingerprint density at radius 2 is 1.77 bits per heavy atom. The fourth-order valence-corrected chi connectivity index (χ4v) is 3.80. The molecular weight excluding hydrogens is 434 g/mol. The zero-order valence-electron chi connectivity index (χ0n) is 15.8. The number of halogens is 1. The van der Waals surface area contributed by atoms with Crippen molar-refractivity contribution in [3.8, 4) is 11.3 Å². The maximum atomic E-state index is 5.93. The lowest BCUT2D eigenvalue weighted by atomic mass is 10.2. The Morgan fingerprint density at radius 3 is 2.50 bits per heavy atom. The van der Waals surface area contributed by atoms with Crippen LogP contribution in [0.5, 0.6) is 0 Å². The van der Waals surface area contributed by atoms with Crippen molar-refractivity contribution < 1.29 is 4.42 Å². The van der Waals surface area contributed by atoms with Gasteiger partial charge >= 0.3 is 0 Å². The van der Waals surface area contributed by atoms with Crippen LogP contribution in [0.15, 0.2) is 99.4 Å². The number of benzene rings is 2. The molecule has 0 aliphatic heterocycles. The largest absolute Gasteiger partial charge is 0.459 e. The monoisotopic (exact) mass is 451 g/mol. The number of rotatable bonds is 6. The minimum absolute atomic E-state index is 0.481. The van der Waals surface area contributed by atoms with E-state index in [1.165, 1.54) is 0 Å². The van der Waals surface area contributed by atoms with E-state index in [0.717, 1.165) is 32.7 Å². The van der Waals surface area contributed by atoms with Crippen LogP contribution in [0, 0.1) is 0 Å². The molecule has 7 heteroatoms. The summed E-state index contributed by atoms with van der Waals surface area (Å²) in [6.07, 6.45) is 1.77. The first-order valence-corrected chi connectivity index (χ1v) is 10.8. The highest BCUT2D eigenvalue weighted by molar-refractivity contribution is 7.99. The number of furan rings is 1. The van der Waals surface area contributed by atoms with Gasteiger partial charge in [0.05, 0.1) is 18.4 Å². The molecular formula is C23H18ClN3OS2. The van der Waals surface area contributed by atoms with E-state index in [0.29, 0.717) is 16.7 Å². The molecule has 2 heterocycles. The van der Waals surface area contributed by atoms with Gasteiger partial charge in [-0.3, -0.25) is 0 Å². The summed E-state index contributed by atoms with van der Waals surface area (Å²) in [6, 6.07) is 25.5. The Kier molecular flexibility index (Phi) is 6.69. The van der Waals surface area contributed by atoms with Gasteiger partial charge in [0.1, 0.15) is 16.5 Å². The fraction of sp³-hybridized carbons (Fsp3) is 0.0435. The number of aromatic nitrogens is 1. The average Bonchev–Trinajstić information content (AvgIpc) is 3.24. The molecule has 0 atom stereocenters. The van der Waals surface area contributed by atoms with E-state index < -0.39 is 0 Å². The average molecular weight is 452 g/mol. The third-order valence-corrected chi connectivity index (χ3v) is 5.63. The van der Waals surface area contributed by atoms with Crippen molar-refractivity contribution in [1.82, 2.24) is 10.3 Å². The molecule has 2 aromatic carbocycles. The first-order chi connectivity index (χ1) is 14.7. The molecule has 150 valence electrons. The van der Waals surface area contributed by atoms with Gasteiger partial charge in [0.25, 0.3) is 0 Å². The predicted molar refractivity (Wildman–Crippen MR) is 127 cm³/mol. The molecule has 4 rings (SSSR count). The minimum Gasteiger partial charge on any atom is -0.459 e. The molecule has 0 spiro atoms. The molecule has 0 radical (unpaired) electrons. The number of hydrogen-bond acceptors (Lipinski definition) is 4. The van der Waals surface area contributed by atoms with Crippen LogP contribution in [0.2, 0.25) is 5.02 Å². The first kappa shape index (κ1) is 20.5. The smallest absolute Gasteiger partial charge is 0.171 e. The highest BCUT2D eigenvalue weighted by Crippen LogP contribution is 2.26. The van der Waals surface area contributed by atoms with Crippen molar-refractivity contribution in [3.63, 3.8) is 0 Å². The van der Waals surface area contributed by atoms with E-state index >= 15 is 0 Å². The van der Waals surface area contributed by atoms with Gasteiger partial charge < -0.3 is 15.1 Å². The number of hydrogen-bond donors (Lipinski definition) is 2. The third-order valence-electron chi connectivity index (χ3n) is 4.17. The molecule has 0 aliphatic rings. The van der Waals surface area contributed by atoms with Crippen molar-refractivity contribution in [2.45, 2.75) is 16.5 Å². The van der Waals surface area contributed by atoms with E-state index in [1.54, 1.807) is 18.0 Å². The Morgan fingerprint density at radius 1 is 0.967 bits per heavy atom. The lowest BCUT2D eigenvalue weighted by Crippen LogP contribution is -2.27. The Labute approximate surface area is 189 Å². The topological polar surface area (TPSA) is 50.1 Å². The van der Waals surface area contributed by atoms with Gasteiger partial charge in [-0.1, -0.05) is 41.6 Å². The number of anilines is 1. The van der Waals surface area contributed by atoms with Crippen molar-refractivity contribution in [2.75, 3.05) is 5.32 Å². The second-order valence-corrected chi connectivity index (χ2v) is 8.32. The molecule has 2 N–H and O–H groups in total. The molecule has 4 nitrogen and oxygen atoms in total. The molecule has 2 aromatic heterocycles. The van der Waals surface area contributed by atoms with Crippen molar-refractivity contribution in [2.24, 2.45) is 0 Å². The lowest BCUT2D eigenvalue weighted by Gasteiger charge is -2.09. The quantitative estimate of drug-likeness (QED) is 0.321. The van der Waals surface area contributed by atoms with Crippen LogP contribution in [-0.4, -0.2) is 10.1 Å². The summed E-state index contributed by atoms with van der Waals surface area (Å²) in [5.41, 5.74) is 1.80. The number of pyridine rings is 1. The van der Waals surface area contributed by atoms with Gasteiger partial charge in [0, 0.05) is 15.5 Å². The van der Waals surface area contributed by atoms with Crippen molar-refractivity contribution >= 4 is 46.4 Å². The van der Waals surface area contributed by atoms with Crippen LogP contribution in [0.3, 0.4) is 0 Å². The van der Waals surface area contributed by atoms with Crippen LogP contribution >= 0.6 is 35.6 Å². The Hall–Kier alpha value is -2.80. The van der Waals surface area contributed by atoms with Crippen molar-refractivity contribution in [3.05, 3.63) is 95.8 Å². The molecule has 30 heavy (non-hydrogen) atoms. The zero-order chi connectivity index (χ0) is 20.8. The molecule has 0 bridgehead atoms. The normalized spacial score (nSPS) is 10.6. The zero-order valence-corrected chi connectivity index (χ0v) is 18.2. The summed E-state index contributed by atoms with van der Waals surface area (Å²) >= 11 is 12.9. The second-order valence-electron chi connectivity index (χ2n) is 6.38. The molecule has 0 amide bonds. The molecule has 0 unspecified atom stereocenters. The number of nitrogens with zero attached hydrogens (tertiary/aromatic N) is 1. The van der Waals surface area contributed by atoms with Crippen LogP contribution in [0.1, 0.15) is 5.76 Å². The maximum Gasteiger partial charge on any atom is 0.171 e. The highest BCUT2D eigenvalue weighted by atomic mass is 35.5. The summed E-state index contributed by atoms with van der Waals surface area (Å²) in [4.78, 5) is 5.63. The summed E-state index contributed by atoms with van der Waals surface area (Å²) < 4.78 is 5.87. The van der Waals surface area contributed by atoms with Crippen molar-refractivity contribution in [1.29, 1.82) is 0 Å². The molecule has 0 saturated carbocycles. The van der Waals surface area contributed by atoms with Gasteiger partial charge in [-0.15, -0.1) is 0 Å². The van der Waals surface area contributed by atoms with Gasteiger partial charge in [-0.25, -0.2) is 4.98 Å².